The summed E-state index contributed by atoms with van der Waals surface area (Å²) >= 11 is 0. The number of epoxide rings is 2. The molecule has 3 aliphatic rings. The Morgan fingerprint density at radius 3 is 2.13 bits per heavy atom. The van der Waals surface area contributed by atoms with E-state index in [1.165, 1.54) is 13.8 Å². The molecule has 0 aromatic carbocycles. The fourth-order valence-electron chi connectivity index (χ4n) is 5.32. The number of hydrogen-bond donors (Lipinski definition) is 10. The molecule has 268 valence electrons. The maximum absolute atomic E-state index is 12.9. The lowest BCUT2D eigenvalue weighted by molar-refractivity contribution is -0.353. The number of nitrogens with zero attached hydrogens (tertiary/aromatic N) is 2. The number of amides is 2. The Hall–Kier alpha value is -1.62. The SMILES string of the molecule is CC(=O)NCCN(CCN(CCNC(=O)C(O)C(O)C(OC1OC(C)(CO)C(O)C(O)C1O)C(O)CO)C1OC1C(C)C)C1CO1. The molecular formula is C28H52N4O14. The summed E-state index contributed by atoms with van der Waals surface area (Å²) in [5.41, 5.74) is -1.81. The average molecular weight is 669 g/mol. The second kappa shape index (κ2) is 17.2. The molecule has 2 amide bonds. The molecule has 12 unspecified atom stereocenters. The van der Waals surface area contributed by atoms with E-state index in [0.717, 1.165) is 0 Å². The first-order valence-corrected chi connectivity index (χ1v) is 15.6. The fourth-order valence-corrected chi connectivity index (χ4v) is 5.32. The highest BCUT2D eigenvalue weighted by Crippen LogP contribution is 2.33. The minimum Gasteiger partial charge on any atom is -0.394 e. The predicted molar refractivity (Wildman–Crippen MR) is 156 cm³/mol. The molecule has 0 aromatic heterocycles. The Balaban J connectivity index is 1.58. The van der Waals surface area contributed by atoms with Gasteiger partial charge in [0, 0.05) is 46.2 Å². The summed E-state index contributed by atoms with van der Waals surface area (Å²) in [6, 6.07) is 0. The van der Waals surface area contributed by atoms with Crippen molar-refractivity contribution in [2.75, 3.05) is 59.1 Å². The van der Waals surface area contributed by atoms with E-state index >= 15 is 0 Å². The van der Waals surface area contributed by atoms with E-state index < -0.39 is 73.7 Å². The van der Waals surface area contributed by atoms with Crippen LogP contribution in [0, 0.1) is 5.92 Å². The fraction of sp³-hybridized carbons (Fsp3) is 0.929. The van der Waals surface area contributed by atoms with Crippen molar-refractivity contribution >= 4 is 11.8 Å². The van der Waals surface area contributed by atoms with E-state index in [1.807, 2.05) is 18.7 Å². The van der Waals surface area contributed by atoms with Crippen LogP contribution in [0.3, 0.4) is 0 Å². The van der Waals surface area contributed by atoms with Gasteiger partial charge in [0.05, 0.1) is 19.8 Å². The minimum atomic E-state index is -2.17. The number of carbonyl (C=O) groups excluding carboxylic acids is 2. The quantitative estimate of drug-likeness (QED) is 0.0541. The van der Waals surface area contributed by atoms with Crippen molar-refractivity contribution in [2.24, 2.45) is 5.92 Å². The zero-order valence-corrected chi connectivity index (χ0v) is 26.7. The van der Waals surface area contributed by atoms with Crippen LogP contribution in [0.5, 0.6) is 0 Å². The van der Waals surface area contributed by atoms with Gasteiger partial charge in [0.15, 0.2) is 12.4 Å². The van der Waals surface area contributed by atoms with Gasteiger partial charge in [-0.25, -0.2) is 0 Å². The standard InChI is InChI=1S/C28H52N4O14/c1-14(2)22-26(44-22)32(10-9-31(17-12-43-17)7-5-29-15(3)35)8-6-30-25(42)20(39)18(37)23(16(36)11-33)45-27-21(40)19(38)24(41)28(4,13-34)46-27/h14,16-24,26-27,33-34,36-41H,5-13H2,1-4H3,(H,29,35)(H,30,42). The van der Waals surface area contributed by atoms with E-state index in [2.05, 4.69) is 15.5 Å². The Kier molecular flexibility index (Phi) is 14.5. The summed E-state index contributed by atoms with van der Waals surface area (Å²) in [6.45, 7) is 8.08. The van der Waals surface area contributed by atoms with Crippen molar-refractivity contribution in [3.63, 3.8) is 0 Å². The number of rotatable bonds is 20. The van der Waals surface area contributed by atoms with Gasteiger partial charge in [-0.3, -0.25) is 19.4 Å². The lowest BCUT2D eigenvalue weighted by Crippen LogP contribution is -2.66. The molecule has 0 bridgehead atoms. The van der Waals surface area contributed by atoms with Crippen LogP contribution in [0.2, 0.25) is 0 Å². The van der Waals surface area contributed by atoms with Crippen molar-refractivity contribution < 1.29 is 69.4 Å². The molecule has 0 saturated carbocycles. The minimum absolute atomic E-state index is 0.00401. The van der Waals surface area contributed by atoms with Crippen LogP contribution < -0.4 is 10.6 Å². The molecule has 46 heavy (non-hydrogen) atoms. The maximum atomic E-state index is 12.9. The largest absolute Gasteiger partial charge is 0.394 e. The third-order valence-corrected chi connectivity index (χ3v) is 8.45. The highest BCUT2D eigenvalue weighted by molar-refractivity contribution is 5.81. The maximum Gasteiger partial charge on any atom is 0.251 e. The molecule has 12 atom stereocenters. The van der Waals surface area contributed by atoms with E-state index in [0.29, 0.717) is 39.3 Å². The van der Waals surface area contributed by atoms with E-state index in [1.54, 1.807) is 0 Å². The van der Waals surface area contributed by atoms with Crippen LogP contribution in [0.4, 0.5) is 0 Å². The molecular weight excluding hydrogens is 616 g/mol. The van der Waals surface area contributed by atoms with Gasteiger partial charge in [-0.1, -0.05) is 13.8 Å². The Bertz CT molecular complexity index is 978. The lowest BCUT2D eigenvalue weighted by Gasteiger charge is -2.47. The van der Waals surface area contributed by atoms with Crippen molar-refractivity contribution in [1.82, 2.24) is 20.4 Å². The topological polar surface area (TPSA) is 270 Å². The molecule has 0 aliphatic carbocycles. The third kappa shape index (κ3) is 10.2. The van der Waals surface area contributed by atoms with Gasteiger partial charge in [0.1, 0.15) is 60.8 Å². The molecule has 10 N–H and O–H groups in total. The molecule has 18 heteroatoms. The summed E-state index contributed by atoms with van der Waals surface area (Å²) in [5, 5.41) is 87.0. The van der Waals surface area contributed by atoms with Crippen LogP contribution in [0.15, 0.2) is 0 Å². The average Bonchev–Trinajstić information content (AvgIpc) is 3.95. The number of hydrogen-bond acceptors (Lipinski definition) is 16. The number of nitrogens with one attached hydrogen (secondary N) is 2. The number of carbonyl (C=O) groups is 2. The Morgan fingerprint density at radius 1 is 0.978 bits per heavy atom. The van der Waals surface area contributed by atoms with Crippen LogP contribution in [-0.4, -0.2) is 195 Å². The predicted octanol–water partition coefficient (Wildman–Crippen LogP) is -5.77. The molecule has 0 aromatic rings. The molecule has 0 spiro atoms. The first-order valence-electron chi connectivity index (χ1n) is 15.6. The number of aliphatic hydroxyl groups excluding tert-OH is 8. The van der Waals surface area contributed by atoms with Crippen molar-refractivity contribution in [3.8, 4) is 0 Å². The highest BCUT2D eigenvalue weighted by atomic mass is 16.7. The highest BCUT2D eigenvalue weighted by Gasteiger charge is 2.53. The first kappa shape index (κ1) is 38.8. The van der Waals surface area contributed by atoms with Crippen molar-refractivity contribution in [1.29, 1.82) is 0 Å². The second-order valence-electron chi connectivity index (χ2n) is 12.5. The zero-order chi connectivity index (χ0) is 34.3. The van der Waals surface area contributed by atoms with Crippen LogP contribution >= 0.6 is 0 Å². The zero-order valence-electron chi connectivity index (χ0n) is 26.7. The van der Waals surface area contributed by atoms with Crippen LogP contribution in [0.1, 0.15) is 27.7 Å². The van der Waals surface area contributed by atoms with Gasteiger partial charge in [0.25, 0.3) is 5.91 Å². The van der Waals surface area contributed by atoms with Crippen LogP contribution in [-0.2, 0) is 28.5 Å². The summed E-state index contributed by atoms with van der Waals surface area (Å²) in [7, 11) is 0. The first-order chi connectivity index (χ1) is 21.6. The molecule has 0 radical (unpaired) electrons. The molecule has 3 saturated heterocycles. The summed E-state index contributed by atoms with van der Waals surface area (Å²) in [5.74, 6) is -0.894. The summed E-state index contributed by atoms with van der Waals surface area (Å²) in [6.07, 6.45) is -15.7. The monoisotopic (exact) mass is 668 g/mol. The van der Waals surface area contributed by atoms with Gasteiger partial charge < -0.3 is 70.4 Å². The summed E-state index contributed by atoms with van der Waals surface area (Å²) in [4.78, 5) is 28.2. The molecule has 3 heterocycles. The number of aliphatic hydroxyl groups is 8. The van der Waals surface area contributed by atoms with Gasteiger partial charge in [-0.05, 0) is 12.8 Å². The normalized spacial score (nSPS) is 33.5. The van der Waals surface area contributed by atoms with Gasteiger partial charge in [-0.15, -0.1) is 0 Å². The molecule has 3 rings (SSSR count). The second-order valence-corrected chi connectivity index (χ2v) is 12.5. The molecule has 3 aliphatic heterocycles. The Morgan fingerprint density at radius 2 is 1.59 bits per heavy atom. The Labute approximate surface area is 267 Å². The third-order valence-electron chi connectivity index (χ3n) is 8.45. The molecule has 18 nitrogen and oxygen atoms in total. The van der Waals surface area contributed by atoms with E-state index in [4.69, 9.17) is 18.9 Å². The van der Waals surface area contributed by atoms with Crippen molar-refractivity contribution in [2.45, 2.75) is 101 Å². The lowest BCUT2D eigenvalue weighted by atomic mass is 9.89. The van der Waals surface area contributed by atoms with Gasteiger partial charge in [-0.2, -0.15) is 0 Å². The number of ether oxygens (including phenoxy) is 4. The summed E-state index contributed by atoms with van der Waals surface area (Å²) < 4.78 is 22.1. The van der Waals surface area contributed by atoms with Gasteiger partial charge >= 0.3 is 0 Å². The van der Waals surface area contributed by atoms with E-state index in [-0.39, 0.29) is 36.9 Å². The van der Waals surface area contributed by atoms with Crippen LogP contribution in [0.25, 0.3) is 0 Å². The van der Waals surface area contributed by atoms with Crippen molar-refractivity contribution in [3.05, 3.63) is 0 Å². The smallest absolute Gasteiger partial charge is 0.251 e. The molecule has 3 fully saturated rings. The van der Waals surface area contributed by atoms with E-state index in [9.17, 15) is 50.4 Å². The van der Waals surface area contributed by atoms with Gasteiger partial charge in [0.2, 0.25) is 5.91 Å².